The molecule has 8 nitrogen and oxygen atoms in total. The Labute approximate surface area is 231 Å². The van der Waals surface area contributed by atoms with Crippen LogP contribution >= 0.6 is 7.82 Å². The number of nitrogens with two attached hydrogens (primary N) is 1. The third-order valence-corrected chi connectivity index (χ3v) is 12.3. The number of allylic oxidation sites excluding steroid dienone is 7. The highest BCUT2D eigenvalue weighted by atomic mass is 31.2. The first kappa shape index (κ1) is 28.4. The molecule has 0 aromatic rings. The van der Waals surface area contributed by atoms with E-state index in [4.69, 9.17) is 10.3 Å². The molecule has 0 aromatic heterocycles. The van der Waals surface area contributed by atoms with Gasteiger partial charge in [-0.15, -0.1) is 0 Å². The van der Waals surface area contributed by atoms with Crippen LogP contribution in [0.25, 0.3) is 0 Å². The number of primary amides is 1. The van der Waals surface area contributed by atoms with Gasteiger partial charge in [-0.3, -0.25) is 14.6 Å². The van der Waals surface area contributed by atoms with Crippen molar-refractivity contribution in [3.63, 3.8) is 0 Å². The summed E-state index contributed by atoms with van der Waals surface area (Å²) in [5.74, 6) is -0.296. The summed E-state index contributed by atoms with van der Waals surface area (Å²) in [6, 6.07) is -0.471. The van der Waals surface area contributed by atoms with E-state index in [-0.39, 0.29) is 32.8 Å². The number of nitrogens with one attached hydrogen (secondary N) is 1. The van der Waals surface area contributed by atoms with E-state index in [9.17, 15) is 23.9 Å². The molecule has 0 saturated heterocycles. The van der Waals surface area contributed by atoms with Crippen LogP contribution in [0.2, 0.25) is 0 Å². The SMILES string of the molecule is CC1=C(OP(=O)(O)O)C(=O)C=C2C1=CC=C1[C@@]2(C)CC[C@@]2(C)[C@@H]3C[C@](C)(CNC(N)=O)CC[C@]3(C)CC[C@]12C. The molecule has 9 heteroatoms. The quantitative estimate of drug-likeness (QED) is 0.320. The van der Waals surface area contributed by atoms with Crippen molar-refractivity contribution >= 4 is 19.6 Å². The van der Waals surface area contributed by atoms with Crippen LogP contribution in [0, 0.1) is 33.0 Å². The number of carbonyl (C=O) groups is 2. The Morgan fingerprint density at radius 1 is 1.08 bits per heavy atom. The molecular weight excluding hydrogens is 515 g/mol. The molecule has 2 amide bonds. The summed E-state index contributed by atoms with van der Waals surface area (Å²) < 4.78 is 16.4. The van der Waals surface area contributed by atoms with Crippen molar-refractivity contribution in [2.45, 2.75) is 86.5 Å². The molecule has 0 heterocycles. The highest BCUT2D eigenvalue weighted by molar-refractivity contribution is 7.46. The average Bonchev–Trinajstić information content (AvgIpc) is 2.83. The largest absolute Gasteiger partial charge is 0.524 e. The number of phosphoric ester groups is 1. The van der Waals surface area contributed by atoms with Gasteiger partial charge in [0.25, 0.3) is 0 Å². The number of amides is 2. The molecule has 0 radical (unpaired) electrons. The van der Waals surface area contributed by atoms with Crippen LogP contribution in [0.3, 0.4) is 0 Å². The zero-order valence-electron chi connectivity index (χ0n) is 24.0. The molecular formula is C30H43N2O6P. The minimum absolute atomic E-state index is 0.00922. The normalized spacial score (nSPS) is 41.7. The van der Waals surface area contributed by atoms with Crippen molar-refractivity contribution in [3.8, 4) is 0 Å². The average molecular weight is 559 g/mol. The summed E-state index contributed by atoms with van der Waals surface area (Å²) >= 11 is 0. The smallest absolute Gasteiger partial charge is 0.400 e. The fraction of sp³-hybridized carbons (Fsp3) is 0.667. The van der Waals surface area contributed by atoms with Crippen LogP contribution in [0.5, 0.6) is 0 Å². The number of fused-ring (bicyclic) bond motifs is 7. The molecule has 214 valence electrons. The lowest BCUT2D eigenvalue weighted by molar-refractivity contribution is -0.160. The Morgan fingerprint density at radius 3 is 2.38 bits per heavy atom. The van der Waals surface area contributed by atoms with Gasteiger partial charge in [-0.2, -0.15) is 0 Å². The summed E-state index contributed by atoms with van der Waals surface area (Å²) in [5.41, 5.74) is 8.81. The molecule has 3 fully saturated rings. The Kier molecular flexibility index (Phi) is 6.31. The standard InChI is InChI=1S/C30H43N2O6P/c1-18-19-7-8-22-28(4,20(19)15-21(33)24(18)38-39(35,36)37)12-14-30(6)23-16-26(2,17-32-25(31)34)9-10-27(23,3)11-13-29(22,30)5/h7-8,15,23H,9-14,16-17H2,1-6H3,(H3,31,32,34)(H2,35,36,37)/t23-,26-,27-,28+,29-,30+/m1/s1. The Morgan fingerprint density at radius 2 is 1.74 bits per heavy atom. The van der Waals surface area contributed by atoms with Gasteiger partial charge in [0, 0.05) is 17.5 Å². The Balaban J connectivity index is 1.56. The fourth-order valence-corrected chi connectivity index (χ4v) is 9.67. The molecule has 0 aliphatic heterocycles. The Hall–Kier alpha value is -2.15. The first-order valence-electron chi connectivity index (χ1n) is 14.1. The molecule has 5 aliphatic rings. The highest BCUT2D eigenvalue weighted by Crippen LogP contribution is 2.75. The lowest BCUT2D eigenvalue weighted by atomic mass is 9.34. The maximum Gasteiger partial charge on any atom is 0.524 e. The van der Waals surface area contributed by atoms with E-state index in [1.165, 1.54) is 5.57 Å². The molecule has 0 aromatic carbocycles. The maximum atomic E-state index is 13.1. The van der Waals surface area contributed by atoms with E-state index in [0.29, 0.717) is 18.0 Å². The highest BCUT2D eigenvalue weighted by Gasteiger charge is 2.66. The van der Waals surface area contributed by atoms with Gasteiger partial charge in [-0.05, 0) is 96.7 Å². The van der Waals surface area contributed by atoms with E-state index in [1.54, 1.807) is 13.0 Å². The van der Waals surface area contributed by atoms with E-state index in [0.717, 1.165) is 56.1 Å². The zero-order valence-corrected chi connectivity index (χ0v) is 24.9. The third kappa shape index (κ3) is 4.20. The van der Waals surface area contributed by atoms with Crippen molar-refractivity contribution in [2.24, 2.45) is 38.7 Å². The predicted molar refractivity (Wildman–Crippen MR) is 149 cm³/mol. The van der Waals surface area contributed by atoms with E-state index < -0.39 is 19.6 Å². The summed E-state index contributed by atoms with van der Waals surface area (Å²) in [7, 11) is -4.86. The van der Waals surface area contributed by atoms with Crippen LogP contribution in [0.15, 0.2) is 46.3 Å². The van der Waals surface area contributed by atoms with Gasteiger partial charge in [0.1, 0.15) is 0 Å². The minimum Gasteiger partial charge on any atom is -0.400 e. The zero-order chi connectivity index (χ0) is 28.8. The second-order valence-electron chi connectivity index (χ2n) is 14.1. The van der Waals surface area contributed by atoms with Gasteiger partial charge in [-0.1, -0.05) is 52.3 Å². The molecule has 5 rings (SSSR count). The van der Waals surface area contributed by atoms with Gasteiger partial charge >= 0.3 is 13.9 Å². The number of hydrogen-bond acceptors (Lipinski definition) is 4. The summed E-state index contributed by atoms with van der Waals surface area (Å²) in [6.45, 7) is 14.2. The lowest BCUT2D eigenvalue weighted by Gasteiger charge is -2.70. The van der Waals surface area contributed by atoms with Crippen molar-refractivity contribution in [1.82, 2.24) is 5.32 Å². The molecule has 5 N–H and O–H groups in total. The van der Waals surface area contributed by atoms with Gasteiger partial charge in [0.05, 0.1) is 0 Å². The summed E-state index contributed by atoms with van der Waals surface area (Å²) in [6.07, 6.45) is 13.1. The monoisotopic (exact) mass is 558 g/mol. The molecule has 6 atom stereocenters. The molecule has 0 unspecified atom stereocenters. The van der Waals surface area contributed by atoms with Gasteiger partial charge < -0.3 is 15.6 Å². The number of carbonyl (C=O) groups excluding carboxylic acids is 2. The molecule has 0 spiro atoms. The second kappa shape index (κ2) is 8.67. The van der Waals surface area contributed by atoms with E-state index >= 15 is 0 Å². The van der Waals surface area contributed by atoms with E-state index in [2.05, 4.69) is 46.0 Å². The predicted octanol–water partition coefficient (Wildman–Crippen LogP) is 5.83. The third-order valence-electron chi connectivity index (χ3n) is 11.8. The lowest BCUT2D eigenvalue weighted by Crippen LogP contribution is -2.62. The first-order chi connectivity index (χ1) is 17.9. The number of hydrogen-bond donors (Lipinski definition) is 4. The van der Waals surface area contributed by atoms with Gasteiger partial charge in [-0.25, -0.2) is 9.36 Å². The van der Waals surface area contributed by atoms with Crippen molar-refractivity contribution in [1.29, 1.82) is 0 Å². The van der Waals surface area contributed by atoms with Crippen molar-refractivity contribution in [3.05, 3.63) is 46.3 Å². The first-order valence-corrected chi connectivity index (χ1v) is 15.6. The van der Waals surface area contributed by atoms with Crippen LogP contribution < -0.4 is 11.1 Å². The second-order valence-corrected chi connectivity index (χ2v) is 15.3. The van der Waals surface area contributed by atoms with Crippen LogP contribution in [0.1, 0.15) is 86.5 Å². The van der Waals surface area contributed by atoms with Crippen molar-refractivity contribution in [2.75, 3.05) is 6.54 Å². The van der Waals surface area contributed by atoms with Gasteiger partial charge in [0.2, 0.25) is 5.78 Å². The van der Waals surface area contributed by atoms with Crippen molar-refractivity contribution < 1.29 is 28.5 Å². The fourth-order valence-electron chi connectivity index (χ4n) is 9.21. The molecule has 3 saturated carbocycles. The maximum absolute atomic E-state index is 13.1. The Bertz CT molecular complexity index is 1320. The number of ketones is 1. The number of rotatable bonds is 4. The van der Waals surface area contributed by atoms with E-state index in [1.807, 2.05) is 6.08 Å². The minimum atomic E-state index is -4.86. The molecule has 0 bridgehead atoms. The number of urea groups is 1. The molecule has 39 heavy (non-hydrogen) atoms. The summed E-state index contributed by atoms with van der Waals surface area (Å²) in [5, 5.41) is 2.88. The van der Waals surface area contributed by atoms with Gasteiger partial charge in [0.15, 0.2) is 5.76 Å². The van der Waals surface area contributed by atoms with Crippen LogP contribution in [-0.4, -0.2) is 28.1 Å². The van der Waals surface area contributed by atoms with Crippen LogP contribution in [0.4, 0.5) is 4.79 Å². The summed E-state index contributed by atoms with van der Waals surface area (Å²) in [4.78, 5) is 43.4. The number of phosphoric acid groups is 1. The van der Waals surface area contributed by atoms with Crippen LogP contribution in [-0.2, 0) is 13.9 Å². The topological polar surface area (TPSA) is 139 Å². The molecule has 5 aliphatic carbocycles.